The van der Waals surface area contributed by atoms with Gasteiger partial charge in [0.1, 0.15) is 0 Å². The molecule has 5 heteroatoms. The summed E-state index contributed by atoms with van der Waals surface area (Å²) in [7, 11) is 0. The van der Waals surface area contributed by atoms with E-state index in [1.54, 1.807) is 0 Å². The standard InChI is InChI=1S/C23H43NO4/c25-20-21-16-15-19-24(21)22(26)17-13-11-9-7-5-3-1-2-4-6-8-10-12-14-18-23(27)28/h21,25H,1-20H2,(H,27,28)/t21-/m0/s1. The molecule has 28 heavy (non-hydrogen) atoms. The van der Waals surface area contributed by atoms with Gasteiger partial charge < -0.3 is 15.1 Å². The maximum Gasteiger partial charge on any atom is 0.303 e. The van der Waals surface area contributed by atoms with E-state index in [0.29, 0.717) is 12.8 Å². The van der Waals surface area contributed by atoms with Crippen molar-refractivity contribution in [2.45, 2.75) is 122 Å². The molecule has 0 aromatic heterocycles. The van der Waals surface area contributed by atoms with Gasteiger partial charge in [-0.25, -0.2) is 0 Å². The number of likely N-dealkylation sites (tertiary alicyclic amines) is 1. The zero-order valence-electron chi connectivity index (χ0n) is 17.9. The maximum absolute atomic E-state index is 12.2. The number of carbonyl (C=O) groups excluding carboxylic acids is 1. The molecule has 1 aliphatic rings. The van der Waals surface area contributed by atoms with Crippen molar-refractivity contribution in [1.82, 2.24) is 4.90 Å². The number of hydrogen-bond donors (Lipinski definition) is 2. The third-order valence-corrected chi connectivity index (χ3v) is 5.94. The Morgan fingerprint density at radius 3 is 1.57 bits per heavy atom. The molecular formula is C23H43NO4. The molecule has 1 atom stereocenters. The minimum atomic E-state index is -0.674. The number of unbranched alkanes of at least 4 members (excludes halogenated alkanes) is 13. The molecule has 1 rings (SSSR count). The Morgan fingerprint density at radius 1 is 0.714 bits per heavy atom. The number of aliphatic carboxylic acids is 1. The lowest BCUT2D eigenvalue weighted by Crippen LogP contribution is -2.37. The van der Waals surface area contributed by atoms with Crippen LogP contribution in [0.3, 0.4) is 0 Å². The second kappa shape index (κ2) is 16.8. The fourth-order valence-corrected chi connectivity index (χ4v) is 4.17. The molecule has 1 amide bonds. The number of aliphatic hydroxyl groups excluding tert-OH is 1. The van der Waals surface area contributed by atoms with E-state index in [0.717, 1.165) is 45.1 Å². The third-order valence-electron chi connectivity index (χ3n) is 5.94. The average molecular weight is 398 g/mol. The van der Waals surface area contributed by atoms with Crippen LogP contribution in [-0.2, 0) is 9.59 Å². The van der Waals surface area contributed by atoms with Crippen LogP contribution >= 0.6 is 0 Å². The lowest BCUT2D eigenvalue weighted by molar-refractivity contribution is -0.137. The van der Waals surface area contributed by atoms with Crippen molar-refractivity contribution in [3.63, 3.8) is 0 Å². The second-order valence-corrected chi connectivity index (χ2v) is 8.41. The number of aliphatic hydroxyl groups is 1. The van der Waals surface area contributed by atoms with Crippen molar-refractivity contribution in [2.75, 3.05) is 13.2 Å². The molecule has 0 spiro atoms. The number of carboxylic acid groups (broad SMARTS) is 1. The number of carbonyl (C=O) groups is 2. The highest BCUT2D eigenvalue weighted by molar-refractivity contribution is 5.76. The van der Waals surface area contributed by atoms with E-state index >= 15 is 0 Å². The Morgan fingerprint density at radius 2 is 1.14 bits per heavy atom. The first-order valence-electron chi connectivity index (χ1n) is 11.8. The van der Waals surface area contributed by atoms with Gasteiger partial charge in [0, 0.05) is 19.4 Å². The van der Waals surface area contributed by atoms with Crippen LogP contribution in [0.4, 0.5) is 0 Å². The van der Waals surface area contributed by atoms with Gasteiger partial charge in [-0.05, 0) is 25.7 Å². The Labute approximate surface area is 171 Å². The summed E-state index contributed by atoms with van der Waals surface area (Å²) in [4.78, 5) is 24.5. The Balaban J connectivity index is 1.77. The summed E-state index contributed by atoms with van der Waals surface area (Å²) in [6.45, 7) is 0.938. The number of hydrogen-bond acceptors (Lipinski definition) is 3. The van der Waals surface area contributed by atoms with E-state index in [1.807, 2.05) is 4.90 Å². The van der Waals surface area contributed by atoms with E-state index < -0.39 is 5.97 Å². The fraction of sp³-hybridized carbons (Fsp3) is 0.913. The van der Waals surface area contributed by atoms with Gasteiger partial charge in [0.15, 0.2) is 0 Å². The highest BCUT2D eigenvalue weighted by Crippen LogP contribution is 2.19. The van der Waals surface area contributed by atoms with Crippen LogP contribution in [0, 0.1) is 0 Å². The highest BCUT2D eigenvalue weighted by Gasteiger charge is 2.27. The van der Waals surface area contributed by atoms with E-state index in [9.17, 15) is 14.7 Å². The van der Waals surface area contributed by atoms with Gasteiger partial charge in [0.05, 0.1) is 12.6 Å². The van der Waals surface area contributed by atoms with E-state index in [-0.39, 0.29) is 18.6 Å². The molecular weight excluding hydrogens is 354 g/mol. The van der Waals surface area contributed by atoms with Gasteiger partial charge in [-0.15, -0.1) is 0 Å². The van der Waals surface area contributed by atoms with Crippen LogP contribution in [0.1, 0.15) is 116 Å². The molecule has 0 radical (unpaired) electrons. The fourth-order valence-electron chi connectivity index (χ4n) is 4.17. The minimum Gasteiger partial charge on any atom is -0.481 e. The molecule has 1 aliphatic heterocycles. The summed E-state index contributed by atoms with van der Waals surface area (Å²) in [6.07, 6.45) is 19.8. The summed E-state index contributed by atoms with van der Waals surface area (Å²) in [6, 6.07) is 0.0736. The molecule has 0 aromatic rings. The van der Waals surface area contributed by atoms with Crippen LogP contribution < -0.4 is 0 Å². The van der Waals surface area contributed by atoms with Crippen LogP contribution in [0.25, 0.3) is 0 Å². The second-order valence-electron chi connectivity index (χ2n) is 8.41. The van der Waals surface area contributed by atoms with Gasteiger partial charge in [-0.2, -0.15) is 0 Å². The molecule has 0 bridgehead atoms. The first-order valence-corrected chi connectivity index (χ1v) is 11.8. The van der Waals surface area contributed by atoms with Crippen LogP contribution in [-0.4, -0.2) is 46.2 Å². The topological polar surface area (TPSA) is 77.8 Å². The zero-order chi connectivity index (χ0) is 20.5. The molecule has 0 unspecified atom stereocenters. The van der Waals surface area contributed by atoms with Crippen LogP contribution in [0.15, 0.2) is 0 Å². The van der Waals surface area contributed by atoms with E-state index in [4.69, 9.17) is 5.11 Å². The van der Waals surface area contributed by atoms with Crippen molar-refractivity contribution in [3.8, 4) is 0 Å². The van der Waals surface area contributed by atoms with Crippen molar-refractivity contribution >= 4 is 11.9 Å². The molecule has 1 fully saturated rings. The monoisotopic (exact) mass is 397 g/mol. The number of carboxylic acids is 1. The van der Waals surface area contributed by atoms with Gasteiger partial charge in [-0.1, -0.05) is 77.0 Å². The molecule has 1 heterocycles. The SMILES string of the molecule is O=C(O)CCCCCCCCCCCCCCCCC(=O)N1CCC[C@H]1CO. The Kier molecular flexibility index (Phi) is 15.0. The average Bonchev–Trinajstić information content (AvgIpc) is 3.16. The van der Waals surface area contributed by atoms with Crippen molar-refractivity contribution in [1.29, 1.82) is 0 Å². The Bertz CT molecular complexity index is 413. The lowest BCUT2D eigenvalue weighted by Gasteiger charge is -2.22. The first-order chi connectivity index (χ1) is 13.6. The summed E-state index contributed by atoms with van der Waals surface area (Å²) >= 11 is 0. The summed E-state index contributed by atoms with van der Waals surface area (Å²) in [5.74, 6) is -0.440. The lowest BCUT2D eigenvalue weighted by atomic mass is 10.0. The van der Waals surface area contributed by atoms with Gasteiger partial charge in [0.2, 0.25) is 5.91 Å². The predicted molar refractivity (Wildman–Crippen MR) is 113 cm³/mol. The van der Waals surface area contributed by atoms with Crippen molar-refractivity contribution in [2.24, 2.45) is 0 Å². The van der Waals surface area contributed by atoms with Crippen LogP contribution in [0.2, 0.25) is 0 Å². The normalized spacial score (nSPS) is 16.6. The maximum atomic E-state index is 12.2. The molecule has 164 valence electrons. The molecule has 0 saturated carbocycles. The third kappa shape index (κ3) is 12.4. The highest BCUT2D eigenvalue weighted by atomic mass is 16.4. The van der Waals surface area contributed by atoms with Gasteiger partial charge in [-0.3, -0.25) is 9.59 Å². The van der Waals surface area contributed by atoms with Gasteiger partial charge >= 0.3 is 5.97 Å². The first kappa shape index (κ1) is 24.9. The molecule has 0 aromatic carbocycles. The summed E-state index contributed by atoms with van der Waals surface area (Å²) < 4.78 is 0. The quantitative estimate of drug-likeness (QED) is 0.308. The van der Waals surface area contributed by atoms with Crippen molar-refractivity contribution in [3.05, 3.63) is 0 Å². The largest absolute Gasteiger partial charge is 0.481 e. The predicted octanol–water partition coefficient (Wildman–Crippen LogP) is 5.30. The molecule has 5 nitrogen and oxygen atoms in total. The zero-order valence-corrected chi connectivity index (χ0v) is 17.9. The van der Waals surface area contributed by atoms with Crippen molar-refractivity contribution < 1.29 is 19.8 Å². The van der Waals surface area contributed by atoms with Crippen LogP contribution in [0.5, 0.6) is 0 Å². The minimum absolute atomic E-state index is 0.0736. The number of rotatable bonds is 18. The summed E-state index contributed by atoms with van der Waals surface area (Å²) in [5.41, 5.74) is 0. The summed E-state index contributed by atoms with van der Waals surface area (Å²) in [5, 5.41) is 17.9. The van der Waals surface area contributed by atoms with E-state index in [2.05, 4.69) is 0 Å². The smallest absolute Gasteiger partial charge is 0.303 e. The van der Waals surface area contributed by atoms with E-state index in [1.165, 1.54) is 64.2 Å². The number of amides is 1. The number of nitrogens with zero attached hydrogens (tertiary/aromatic N) is 1. The molecule has 0 aliphatic carbocycles. The van der Waals surface area contributed by atoms with Gasteiger partial charge in [0.25, 0.3) is 0 Å². The molecule has 1 saturated heterocycles. The Hall–Kier alpha value is -1.10. The molecule has 2 N–H and O–H groups in total.